The van der Waals surface area contributed by atoms with Gasteiger partial charge in [-0.15, -0.1) is 0 Å². The lowest BCUT2D eigenvalue weighted by molar-refractivity contribution is 0.416. The van der Waals surface area contributed by atoms with E-state index in [1.807, 2.05) is 6.07 Å². The molecule has 0 bridgehead atoms. The normalized spacial score (nSPS) is 11.0. The Morgan fingerprint density at radius 2 is 2.00 bits per heavy atom. The van der Waals surface area contributed by atoms with Gasteiger partial charge in [0.15, 0.2) is 5.11 Å². The fourth-order valence-electron chi connectivity index (χ4n) is 1.68. The minimum Gasteiger partial charge on any atom is -0.495 e. The Kier molecular flexibility index (Phi) is 5.60. The number of nitrogens with one attached hydrogen (secondary N) is 2. The summed E-state index contributed by atoms with van der Waals surface area (Å²) in [6.07, 6.45) is 1.04. The summed E-state index contributed by atoms with van der Waals surface area (Å²) in [7, 11) is 1.67. The molecule has 3 nitrogen and oxygen atoms in total. The second kappa shape index (κ2) is 6.75. The summed E-state index contributed by atoms with van der Waals surface area (Å²) >= 11 is 5.27. The van der Waals surface area contributed by atoms with Gasteiger partial charge >= 0.3 is 0 Å². The van der Waals surface area contributed by atoms with Gasteiger partial charge in [-0.1, -0.05) is 33.8 Å². The summed E-state index contributed by atoms with van der Waals surface area (Å²) in [5, 5.41) is 6.99. The number of hydrogen-bond donors (Lipinski definition) is 2. The number of hydrogen-bond acceptors (Lipinski definition) is 2. The van der Waals surface area contributed by atoms with Crippen molar-refractivity contribution >= 4 is 23.0 Å². The third kappa shape index (κ3) is 4.71. The maximum absolute atomic E-state index is 5.37. The van der Waals surface area contributed by atoms with Crippen LogP contribution in [-0.4, -0.2) is 18.8 Å². The van der Waals surface area contributed by atoms with E-state index in [2.05, 4.69) is 50.5 Å². The van der Waals surface area contributed by atoms with Gasteiger partial charge in [0, 0.05) is 6.54 Å². The van der Waals surface area contributed by atoms with Crippen molar-refractivity contribution in [2.45, 2.75) is 39.5 Å². The third-order valence-corrected chi connectivity index (χ3v) is 3.10. The van der Waals surface area contributed by atoms with Gasteiger partial charge < -0.3 is 15.4 Å². The number of anilines is 1. The van der Waals surface area contributed by atoms with Gasteiger partial charge in [0.25, 0.3) is 0 Å². The van der Waals surface area contributed by atoms with Gasteiger partial charge in [0.1, 0.15) is 5.75 Å². The van der Waals surface area contributed by atoms with Crippen LogP contribution < -0.4 is 15.4 Å². The average Bonchev–Trinajstić information content (AvgIpc) is 2.35. The van der Waals surface area contributed by atoms with Crippen LogP contribution in [0.1, 0.15) is 39.7 Å². The maximum atomic E-state index is 5.37. The Labute approximate surface area is 121 Å². The van der Waals surface area contributed by atoms with Crippen LogP contribution in [0.15, 0.2) is 18.2 Å². The van der Waals surface area contributed by atoms with Gasteiger partial charge in [-0.3, -0.25) is 0 Å². The first-order chi connectivity index (χ1) is 8.88. The molecule has 2 N–H and O–H groups in total. The molecule has 0 fully saturated rings. The largest absolute Gasteiger partial charge is 0.495 e. The van der Waals surface area contributed by atoms with Crippen molar-refractivity contribution in [3.63, 3.8) is 0 Å². The molecule has 106 valence electrons. The molecule has 0 heterocycles. The summed E-state index contributed by atoms with van der Waals surface area (Å²) in [6, 6.07) is 6.16. The van der Waals surface area contributed by atoms with Crippen molar-refractivity contribution in [3.8, 4) is 5.75 Å². The third-order valence-electron chi connectivity index (χ3n) is 2.85. The quantitative estimate of drug-likeness (QED) is 0.824. The summed E-state index contributed by atoms with van der Waals surface area (Å²) in [4.78, 5) is 0. The molecule has 0 aliphatic rings. The van der Waals surface area contributed by atoms with Crippen LogP contribution in [0.4, 0.5) is 5.69 Å². The van der Waals surface area contributed by atoms with E-state index in [-0.39, 0.29) is 5.41 Å². The average molecular weight is 280 g/mol. The van der Waals surface area contributed by atoms with E-state index in [1.165, 1.54) is 5.56 Å². The van der Waals surface area contributed by atoms with Gasteiger partial charge in [0.05, 0.1) is 12.8 Å². The second-order valence-electron chi connectivity index (χ2n) is 5.55. The maximum Gasteiger partial charge on any atom is 0.170 e. The van der Waals surface area contributed by atoms with Gasteiger partial charge in [-0.2, -0.15) is 0 Å². The molecule has 0 spiro atoms. The Morgan fingerprint density at radius 1 is 1.32 bits per heavy atom. The fourth-order valence-corrected chi connectivity index (χ4v) is 1.89. The van der Waals surface area contributed by atoms with Crippen molar-refractivity contribution < 1.29 is 4.74 Å². The second-order valence-corrected chi connectivity index (χ2v) is 5.95. The minimum absolute atomic E-state index is 0.0984. The van der Waals surface area contributed by atoms with Gasteiger partial charge in [-0.25, -0.2) is 0 Å². The summed E-state index contributed by atoms with van der Waals surface area (Å²) in [6.45, 7) is 9.54. The summed E-state index contributed by atoms with van der Waals surface area (Å²) in [5.74, 6) is 0.800. The van der Waals surface area contributed by atoms with Crippen molar-refractivity contribution in [2.75, 3.05) is 19.0 Å². The topological polar surface area (TPSA) is 33.3 Å². The molecular formula is C15H24N2OS. The highest BCUT2D eigenvalue weighted by molar-refractivity contribution is 7.80. The molecule has 0 radical (unpaired) electrons. The molecule has 0 unspecified atom stereocenters. The predicted octanol–water partition coefficient (Wildman–Crippen LogP) is 3.69. The van der Waals surface area contributed by atoms with Crippen LogP contribution in [0.2, 0.25) is 0 Å². The molecule has 1 aromatic carbocycles. The van der Waals surface area contributed by atoms with Crippen LogP contribution >= 0.6 is 12.2 Å². The molecule has 19 heavy (non-hydrogen) atoms. The van der Waals surface area contributed by atoms with E-state index >= 15 is 0 Å². The number of rotatable bonds is 4. The zero-order chi connectivity index (χ0) is 14.5. The summed E-state index contributed by atoms with van der Waals surface area (Å²) in [5.41, 5.74) is 2.25. The van der Waals surface area contributed by atoms with Crippen LogP contribution in [0.25, 0.3) is 0 Å². The van der Waals surface area contributed by atoms with Gasteiger partial charge in [0.2, 0.25) is 0 Å². The monoisotopic (exact) mass is 280 g/mol. The summed E-state index contributed by atoms with van der Waals surface area (Å²) < 4.78 is 5.37. The predicted molar refractivity (Wildman–Crippen MR) is 86.2 cm³/mol. The SMILES string of the molecule is CCCNC(=S)Nc1cc(C(C)(C)C)ccc1OC. The smallest absolute Gasteiger partial charge is 0.170 e. The number of methoxy groups -OCH3 is 1. The van der Waals surface area contributed by atoms with E-state index in [4.69, 9.17) is 17.0 Å². The molecule has 0 atom stereocenters. The molecule has 1 rings (SSSR count). The lowest BCUT2D eigenvalue weighted by Gasteiger charge is -2.21. The van der Waals surface area contributed by atoms with Crippen molar-refractivity contribution in [2.24, 2.45) is 0 Å². The van der Waals surface area contributed by atoms with Crippen LogP contribution in [0, 0.1) is 0 Å². The molecular weight excluding hydrogens is 256 g/mol. The Hall–Kier alpha value is -1.29. The lowest BCUT2D eigenvalue weighted by Crippen LogP contribution is -2.29. The Balaban J connectivity index is 2.93. The highest BCUT2D eigenvalue weighted by atomic mass is 32.1. The number of thiocarbonyl (C=S) groups is 1. The molecule has 0 saturated heterocycles. The minimum atomic E-state index is 0.0984. The Morgan fingerprint density at radius 3 is 2.53 bits per heavy atom. The van der Waals surface area contributed by atoms with E-state index in [0.29, 0.717) is 5.11 Å². The lowest BCUT2D eigenvalue weighted by atomic mass is 9.87. The zero-order valence-corrected chi connectivity index (χ0v) is 13.3. The fraction of sp³-hybridized carbons (Fsp3) is 0.533. The number of ether oxygens (including phenoxy) is 1. The number of benzene rings is 1. The highest BCUT2D eigenvalue weighted by Gasteiger charge is 2.16. The highest BCUT2D eigenvalue weighted by Crippen LogP contribution is 2.31. The first kappa shape index (κ1) is 15.8. The standard InChI is InChI=1S/C15H24N2OS/c1-6-9-16-14(19)17-12-10-11(15(2,3)4)7-8-13(12)18-5/h7-8,10H,6,9H2,1-5H3,(H2,16,17,19). The molecule has 0 amide bonds. The van der Waals surface area contributed by atoms with Crippen LogP contribution in [0.3, 0.4) is 0 Å². The Bertz CT molecular complexity index is 438. The first-order valence-electron chi connectivity index (χ1n) is 6.62. The van der Waals surface area contributed by atoms with Crippen molar-refractivity contribution in [3.05, 3.63) is 23.8 Å². The van der Waals surface area contributed by atoms with Crippen molar-refractivity contribution in [1.29, 1.82) is 0 Å². The van der Waals surface area contributed by atoms with Crippen molar-refractivity contribution in [1.82, 2.24) is 5.32 Å². The van der Waals surface area contributed by atoms with Crippen LogP contribution in [0.5, 0.6) is 5.75 Å². The molecule has 0 aliphatic heterocycles. The zero-order valence-electron chi connectivity index (χ0n) is 12.5. The molecule has 1 aromatic rings. The van der Waals surface area contributed by atoms with E-state index in [9.17, 15) is 0 Å². The van der Waals surface area contributed by atoms with Gasteiger partial charge in [-0.05, 0) is 41.7 Å². The molecule has 0 saturated carbocycles. The molecule has 0 aliphatic carbocycles. The van der Waals surface area contributed by atoms with E-state index < -0.39 is 0 Å². The molecule has 4 heteroatoms. The van der Waals surface area contributed by atoms with E-state index in [0.717, 1.165) is 24.4 Å². The molecule has 0 aromatic heterocycles. The van der Waals surface area contributed by atoms with E-state index in [1.54, 1.807) is 7.11 Å². The first-order valence-corrected chi connectivity index (χ1v) is 7.02. The van der Waals surface area contributed by atoms with Crippen LogP contribution in [-0.2, 0) is 5.41 Å².